The molecule has 0 aromatic heterocycles. The maximum atomic E-state index is 13.9. The molecule has 38 heavy (non-hydrogen) atoms. The minimum Gasteiger partial charge on any atom is -0.490 e. The molecule has 0 saturated heterocycles. The zero-order chi connectivity index (χ0) is 27.0. The van der Waals surface area contributed by atoms with Gasteiger partial charge in [0.1, 0.15) is 0 Å². The Kier molecular flexibility index (Phi) is 6.95. The van der Waals surface area contributed by atoms with Crippen molar-refractivity contribution in [3.63, 3.8) is 0 Å². The number of hydrogen-bond donors (Lipinski definition) is 2. The fourth-order valence-corrected chi connectivity index (χ4v) is 5.72. The van der Waals surface area contributed by atoms with Crippen LogP contribution in [0.3, 0.4) is 0 Å². The van der Waals surface area contributed by atoms with Gasteiger partial charge in [-0.15, -0.1) is 0 Å². The molecule has 200 valence electrons. The molecule has 1 atom stereocenters. The number of anilines is 4. The van der Waals surface area contributed by atoms with Crippen molar-refractivity contribution < 1.29 is 32.2 Å². The number of hydrogen-bond acceptors (Lipinski definition) is 7. The summed E-state index contributed by atoms with van der Waals surface area (Å²) in [6.45, 7) is 6.40. The van der Waals surface area contributed by atoms with E-state index < -0.39 is 17.6 Å². The summed E-state index contributed by atoms with van der Waals surface area (Å²) < 4.78 is 58.8. The van der Waals surface area contributed by atoms with Gasteiger partial charge >= 0.3 is 6.18 Å². The van der Waals surface area contributed by atoms with Gasteiger partial charge in [0.15, 0.2) is 17.0 Å². The van der Waals surface area contributed by atoms with Crippen molar-refractivity contribution in [2.24, 2.45) is 0 Å². The summed E-state index contributed by atoms with van der Waals surface area (Å²) in [4.78, 5) is 15.8. The Bertz CT molecular complexity index is 1360. The molecule has 11 heteroatoms. The van der Waals surface area contributed by atoms with E-state index in [1.807, 2.05) is 36.1 Å². The summed E-state index contributed by atoms with van der Waals surface area (Å²) in [5.41, 5.74) is 1.03. The van der Waals surface area contributed by atoms with E-state index in [4.69, 9.17) is 14.2 Å². The maximum Gasteiger partial charge on any atom is 0.416 e. The van der Waals surface area contributed by atoms with Crippen LogP contribution in [0.25, 0.3) is 0 Å². The Balaban J connectivity index is 1.55. The van der Waals surface area contributed by atoms with Crippen LogP contribution in [-0.4, -0.2) is 31.2 Å². The molecule has 2 aliphatic heterocycles. The first-order valence-corrected chi connectivity index (χ1v) is 13.1. The first-order valence-electron chi connectivity index (χ1n) is 12.2. The van der Waals surface area contributed by atoms with Gasteiger partial charge in [-0.2, -0.15) is 13.2 Å². The van der Waals surface area contributed by atoms with E-state index in [1.165, 1.54) is 23.9 Å². The smallest absolute Gasteiger partial charge is 0.416 e. The van der Waals surface area contributed by atoms with Crippen LogP contribution in [0.2, 0.25) is 0 Å². The number of nitrogens with zero attached hydrogens (tertiary/aromatic N) is 1. The van der Waals surface area contributed by atoms with Gasteiger partial charge in [-0.3, -0.25) is 4.79 Å². The van der Waals surface area contributed by atoms with Crippen molar-refractivity contribution in [2.75, 3.05) is 35.4 Å². The zero-order valence-electron chi connectivity index (χ0n) is 20.9. The number of rotatable bonds is 8. The SMILES string of the molecule is CCOc1cc(C(=O)Nc2cc(C(F)(F)F)cc3c2S[C@@H]2Nc4ccccc4N32)cc(OCC)c1OCC. The van der Waals surface area contributed by atoms with Crippen molar-refractivity contribution in [1.29, 1.82) is 0 Å². The van der Waals surface area contributed by atoms with Gasteiger partial charge < -0.3 is 29.7 Å². The quantitative estimate of drug-likeness (QED) is 0.313. The predicted octanol–water partition coefficient (Wildman–Crippen LogP) is 7.11. The third kappa shape index (κ3) is 4.66. The summed E-state index contributed by atoms with van der Waals surface area (Å²) in [5.74, 6) is 0.400. The fraction of sp³-hybridized carbons (Fsp3) is 0.296. The molecule has 3 aromatic carbocycles. The molecule has 5 rings (SSSR count). The molecule has 0 bridgehead atoms. The van der Waals surface area contributed by atoms with Crippen LogP contribution < -0.4 is 29.7 Å². The summed E-state index contributed by atoms with van der Waals surface area (Å²) in [5, 5.41) is 6.03. The second-order valence-electron chi connectivity index (χ2n) is 8.43. The molecule has 2 N–H and O–H groups in total. The summed E-state index contributed by atoms with van der Waals surface area (Å²) >= 11 is 1.34. The Morgan fingerprint density at radius 1 is 0.974 bits per heavy atom. The molecule has 0 unspecified atom stereocenters. The molecular formula is C27H26F3N3O4S. The van der Waals surface area contributed by atoms with Crippen LogP contribution in [0.5, 0.6) is 17.2 Å². The van der Waals surface area contributed by atoms with E-state index in [0.29, 0.717) is 47.7 Å². The van der Waals surface area contributed by atoms with Crippen molar-refractivity contribution >= 4 is 40.4 Å². The average Bonchev–Trinajstić information content (AvgIpc) is 3.42. The molecule has 2 heterocycles. The lowest BCUT2D eigenvalue weighted by Crippen LogP contribution is -2.23. The van der Waals surface area contributed by atoms with E-state index in [-0.39, 0.29) is 16.7 Å². The lowest BCUT2D eigenvalue weighted by molar-refractivity contribution is -0.137. The van der Waals surface area contributed by atoms with Crippen molar-refractivity contribution in [1.82, 2.24) is 0 Å². The highest BCUT2D eigenvalue weighted by Crippen LogP contribution is 2.57. The van der Waals surface area contributed by atoms with E-state index in [0.717, 1.165) is 23.5 Å². The largest absolute Gasteiger partial charge is 0.490 e. The normalized spacial score (nSPS) is 15.3. The number of thioether (sulfide) groups is 1. The van der Waals surface area contributed by atoms with E-state index >= 15 is 0 Å². The lowest BCUT2D eigenvalue weighted by Gasteiger charge is -2.20. The Labute approximate surface area is 222 Å². The molecule has 0 radical (unpaired) electrons. The molecular weight excluding hydrogens is 519 g/mol. The number of carbonyl (C=O) groups is 1. The van der Waals surface area contributed by atoms with Crippen LogP contribution in [0.15, 0.2) is 53.4 Å². The molecule has 0 aliphatic carbocycles. The number of alkyl halides is 3. The number of para-hydroxylation sites is 2. The van der Waals surface area contributed by atoms with Crippen LogP contribution in [0.1, 0.15) is 36.7 Å². The number of carbonyl (C=O) groups excluding carboxylic acids is 1. The highest BCUT2D eigenvalue weighted by atomic mass is 32.2. The molecule has 0 fully saturated rings. The van der Waals surface area contributed by atoms with Gasteiger partial charge in [0.2, 0.25) is 5.75 Å². The van der Waals surface area contributed by atoms with Gasteiger partial charge in [0.05, 0.1) is 53.0 Å². The van der Waals surface area contributed by atoms with Gasteiger partial charge in [-0.1, -0.05) is 23.9 Å². The summed E-state index contributed by atoms with van der Waals surface area (Å²) in [7, 11) is 0. The first-order chi connectivity index (χ1) is 18.2. The number of fused-ring (bicyclic) bond motifs is 5. The molecule has 1 amide bonds. The third-order valence-electron chi connectivity index (χ3n) is 5.98. The Hall–Kier alpha value is -3.73. The highest BCUT2D eigenvalue weighted by molar-refractivity contribution is 8.00. The van der Waals surface area contributed by atoms with Crippen LogP contribution in [0.4, 0.5) is 35.9 Å². The van der Waals surface area contributed by atoms with Crippen molar-refractivity contribution in [2.45, 2.75) is 37.3 Å². The van der Waals surface area contributed by atoms with Crippen LogP contribution >= 0.6 is 11.8 Å². The maximum absolute atomic E-state index is 13.9. The predicted molar refractivity (Wildman–Crippen MR) is 141 cm³/mol. The van der Waals surface area contributed by atoms with E-state index in [2.05, 4.69) is 10.6 Å². The summed E-state index contributed by atoms with van der Waals surface area (Å²) in [6, 6.07) is 12.5. The van der Waals surface area contributed by atoms with Crippen LogP contribution in [-0.2, 0) is 6.18 Å². The summed E-state index contributed by atoms with van der Waals surface area (Å²) in [6.07, 6.45) is -4.60. The number of amides is 1. The lowest BCUT2D eigenvalue weighted by atomic mass is 10.1. The minimum absolute atomic E-state index is 0.0725. The average molecular weight is 546 g/mol. The Morgan fingerprint density at radius 2 is 1.63 bits per heavy atom. The van der Waals surface area contributed by atoms with Gasteiger partial charge in [-0.25, -0.2) is 0 Å². The van der Waals surface area contributed by atoms with Gasteiger partial charge in [0.25, 0.3) is 5.91 Å². The van der Waals surface area contributed by atoms with Gasteiger partial charge in [0, 0.05) is 5.56 Å². The molecule has 0 spiro atoms. The third-order valence-corrected chi connectivity index (χ3v) is 7.20. The van der Waals surface area contributed by atoms with E-state index in [9.17, 15) is 18.0 Å². The monoisotopic (exact) mass is 545 g/mol. The molecule has 0 saturated carbocycles. The number of benzene rings is 3. The molecule has 3 aromatic rings. The topological polar surface area (TPSA) is 72.1 Å². The second kappa shape index (κ2) is 10.2. The Morgan fingerprint density at radius 3 is 2.26 bits per heavy atom. The standard InChI is InChI=1S/C27H26F3N3O4S/c1-4-35-21-11-15(12-22(36-5-2)23(21)37-6-3)25(34)31-18-13-16(27(28,29)30)14-20-24(18)38-26-32-17-9-7-8-10-19(17)33(20)26/h7-14,26,32H,4-6H2,1-3H3,(H,31,34)/t26-/m1/s1. The fourth-order valence-electron chi connectivity index (χ4n) is 4.47. The molecule has 7 nitrogen and oxygen atoms in total. The number of nitrogens with one attached hydrogen (secondary N) is 2. The van der Waals surface area contributed by atoms with Crippen LogP contribution in [0, 0.1) is 0 Å². The number of halogens is 3. The first kappa shape index (κ1) is 25.9. The zero-order valence-corrected chi connectivity index (χ0v) is 21.8. The number of ether oxygens (including phenoxy) is 3. The minimum atomic E-state index is -4.60. The van der Waals surface area contributed by atoms with Crippen molar-refractivity contribution in [3.8, 4) is 17.2 Å². The molecule has 2 aliphatic rings. The van der Waals surface area contributed by atoms with Crippen molar-refractivity contribution in [3.05, 3.63) is 59.7 Å². The highest BCUT2D eigenvalue weighted by Gasteiger charge is 2.42. The second-order valence-corrected chi connectivity index (χ2v) is 9.52. The van der Waals surface area contributed by atoms with Gasteiger partial charge in [-0.05, 0) is 57.2 Å². The van der Waals surface area contributed by atoms with E-state index in [1.54, 1.807) is 13.8 Å².